The molecule has 0 radical (unpaired) electrons. The molecule has 0 aliphatic rings. The van der Waals surface area contributed by atoms with Crippen molar-refractivity contribution in [1.29, 1.82) is 0 Å². The van der Waals surface area contributed by atoms with Gasteiger partial charge in [0.25, 0.3) is 0 Å². The molecule has 0 bridgehead atoms. The van der Waals surface area contributed by atoms with Crippen LogP contribution in [-0.2, 0) is 19.1 Å². The molecule has 1 N–H and O–H groups in total. The van der Waals surface area contributed by atoms with Gasteiger partial charge in [0.1, 0.15) is 0 Å². The Hall–Kier alpha value is -1.10. The third kappa shape index (κ3) is 4.81. The van der Waals surface area contributed by atoms with E-state index < -0.39 is 18.0 Å². The first kappa shape index (κ1) is 12.9. The lowest BCUT2D eigenvalue weighted by molar-refractivity contribution is -0.173. The molecule has 0 unspecified atom stereocenters. The van der Waals surface area contributed by atoms with E-state index in [-0.39, 0.29) is 12.2 Å². The van der Waals surface area contributed by atoms with Crippen LogP contribution in [0.3, 0.4) is 0 Å². The van der Waals surface area contributed by atoms with Crippen LogP contribution in [0.25, 0.3) is 0 Å². The summed E-state index contributed by atoms with van der Waals surface area (Å²) in [5.41, 5.74) is 0. The summed E-state index contributed by atoms with van der Waals surface area (Å²) in [6.45, 7) is 6.49. The minimum Gasteiger partial charge on any atom is -0.461 e. The molecular weight excluding hydrogens is 188 g/mol. The summed E-state index contributed by atoms with van der Waals surface area (Å²) in [6, 6.07) is 0. The van der Waals surface area contributed by atoms with Crippen molar-refractivity contribution in [3.8, 4) is 0 Å². The van der Waals surface area contributed by atoms with Crippen LogP contribution < -0.4 is 0 Å². The molecule has 0 aromatic rings. The molecule has 0 atom stereocenters. The number of carbonyl (C=O) groups is 2. The predicted molar refractivity (Wildman–Crippen MR) is 48.5 cm³/mol. The van der Waals surface area contributed by atoms with Crippen molar-refractivity contribution < 1.29 is 24.2 Å². The Morgan fingerprint density at radius 1 is 0.929 bits per heavy atom. The highest BCUT2D eigenvalue weighted by atomic mass is 16.6. The number of hydrogen-bond acceptors (Lipinski definition) is 5. The number of hydrogen-bond donors (Lipinski definition) is 1. The summed E-state index contributed by atoms with van der Waals surface area (Å²) in [5.74, 6) is -1.96. The fraction of sp³-hybridized carbons (Fsp3) is 0.778. The van der Waals surface area contributed by atoms with Gasteiger partial charge >= 0.3 is 11.9 Å². The van der Waals surface area contributed by atoms with Gasteiger partial charge in [-0.1, -0.05) is 0 Å². The smallest absolute Gasteiger partial charge is 0.347 e. The van der Waals surface area contributed by atoms with Crippen molar-refractivity contribution in [3.05, 3.63) is 0 Å². The van der Waals surface area contributed by atoms with Gasteiger partial charge in [-0.3, -0.25) is 0 Å². The molecule has 0 aliphatic carbocycles. The highest BCUT2D eigenvalue weighted by Gasteiger charge is 2.28. The number of aliphatic hydroxyl groups excluding tert-OH is 1. The van der Waals surface area contributed by atoms with Crippen LogP contribution in [-0.4, -0.2) is 35.4 Å². The zero-order valence-electron chi connectivity index (χ0n) is 8.81. The lowest BCUT2D eigenvalue weighted by atomic mass is 10.3. The average molecular weight is 204 g/mol. The number of rotatable bonds is 4. The highest BCUT2D eigenvalue weighted by Crippen LogP contribution is 1.99. The average Bonchev–Trinajstić information content (AvgIpc) is 2.00. The van der Waals surface area contributed by atoms with Gasteiger partial charge in [0.2, 0.25) is 6.10 Å². The topological polar surface area (TPSA) is 72.8 Å². The van der Waals surface area contributed by atoms with E-state index in [1.807, 2.05) is 0 Å². The van der Waals surface area contributed by atoms with Crippen molar-refractivity contribution in [2.75, 3.05) is 0 Å². The van der Waals surface area contributed by atoms with Crippen LogP contribution in [0.4, 0.5) is 0 Å². The molecule has 0 aromatic heterocycles. The Bertz CT molecular complexity index is 187. The number of carbonyl (C=O) groups excluding carboxylic acids is 2. The molecular formula is C9H16O5. The molecule has 0 aliphatic heterocycles. The standard InChI is InChI=1S/C9H16O5/c1-5(2)13-8(11)7(10)9(12)14-6(3)4/h5-7,10H,1-4H3. The first-order valence-electron chi connectivity index (χ1n) is 4.43. The van der Waals surface area contributed by atoms with E-state index in [9.17, 15) is 9.59 Å². The summed E-state index contributed by atoms with van der Waals surface area (Å²) < 4.78 is 9.25. The zero-order chi connectivity index (χ0) is 11.3. The molecule has 14 heavy (non-hydrogen) atoms. The predicted octanol–water partition coefficient (Wildman–Crippen LogP) is 0.250. The largest absolute Gasteiger partial charge is 0.461 e. The van der Waals surface area contributed by atoms with E-state index in [0.29, 0.717) is 0 Å². The van der Waals surface area contributed by atoms with Crippen LogP contribution in [0.5, 0.6) is 0 Å². The molecule has 0 fully saturated rings. The minimum absolute atomic E-state index is 0.371. The van der Waals surface area contributed by atoms with Crippen molar-refractivity contribution in [2.45, 2.75) is 46.0 Å². The normalized spacial score (nSPS) is 10.9. The first-order chi connectivity index (χ1) is 6.34. The minimum atomic E-state index is -1.85. The molecule has 0 spiro atoms. The zero-order valence-corrected chi connectivity index (χ0v) is 8.81. The second-order valence-electron chi connectivity index (χ2n) is 3.37. The van der Waals surface area contributed by atoms with Gasteiger partial charge < -0.3 is 14.6 Å². The number of aliphatic hydroxyl groups is 1. The number of ether oxygens (including phenoxy) is 2. The van der Waals surface area contributed by atoms with Gasteiger partial charge in [-0.15, -0.1) is 0 Å². The second-order valence-corrected chi connectivity index (χ2v) is 3.37. The van der Waals surface area contributed by atoms with Crippen LogP contribution in [0.15, 0.2) is 0 Å². The highest BCUT2D eigenvalue weighted by molar-refractivity contribution is 5.97. The van der Waals surface area contributed by atoms with Gasteiger partial charge in [0, 0.05) is 0 Å². The second kappa shape index (κ2) is 5.59. The molecule has 0 aromatic carbocycles. The quantitative estimate of drug-likeness (QED) is 0.525. The molecule has 0 saturated heterocycles. The van der Waals surface area contributed by atoms with Crippen LogP contribution in [0.1, 0.15) is 27.7 Å². The van der Waals surface area contributed by atoms with Crippen molar-refractivity contribution in [1.82, 2.24) is 0 Å². The van der Waals surface area contributed by atoms with Crippen LogP contribution in [0.2, 0.25) is 0 Å². The summed E-state index contributed by atoms with van der Waals surface area (Å²) in [5, 5.41) is 9.13. The molecule has 0 heterocycles. The van der Waals surface area contributed by atoms with Gasteiger partial charge in [-0.25, -0.2) is 9.59 Å². The van der Waals surface area contributed by atoms with E-state index in [2.05, 4.69) is 9.47 Å². The molecule has 82 valence electrons. The van der Waals surface area contributed by atoms with Crippen molar-refractivity contribution in [3.63, 3.8) is 0 Å². The van der Waals surface area contributed by atoms with E-state index >= 15 is 0 Å². The Labute approximate surface area is 83.0 Å². The Balaban J connectivity index is 4.11. The lowest BCUT2D eigenvalue weighted by Gasteiger charge is -2.13. The Morgan fingerprint density at radius 3 is 1.43 bits per heavy atom. The van der Waals surface area contributed by atoms with Gasteiger partial charge in [0.05, 0.1) is 12.2 Å². The Morgan fingerprint density at radius 2 is 1.21 bits per heavy atom. The van der Waals surface area contributed by atoms with E-state index in [1.54, 1.807) is 27.7 Å². The van der Waals surface area contributed by atoms with Gasteiger partial charge in [-0.05, 0) is 27.7 Å². The third-order valence-electron chi connectivity index (χ3n) is 1.15. The third-order valence-corrected chi connectivity index (χ3v) is 1.15. The van der Waals surface area contributed by atoms with Crippen LogP contribution >= 0.6 is 0 Å². The van der Waals surface area contributed by atoms with E-state index in [4.69, 9.17) is 5.11 Å². The monoisotopic (exact) mass is 204 g/mol. The molecule has 5 nitrogen and oxygen atoms in total. The summed E-state index contributed by atoms with van der Waals surface area (Å²) in [4.78, 5) is 22.0. The SMILES string of the molecule is CC(C)OC(=O)C(O)C(=O)OC(C)C. The molecule has 0 rings (SSSR count). The van der Waals surface area contributed by atoms with Crippen molar-refractivity contribution >= 4 is 11.9 Å². The van der Waals surface area contributed by atoms with E-state index in [0.717, 1.165) is 0 Å². The van der Waals surface area contributed by atoms with Crippen molar-refractivity contribution in [2.24, 2.45) is 0 Å². The summed E-state index contributed by atoms with van der Waals surface area (Å²) in [6.07, 6.45) is -2.59. The van der Waals surface area contributed by atoms with Crippen LogP contribution in [0, 0.1) is 0 Å². The number of esters is 2. The first-order valence-corrected chi connectivity index (χ1v) is 4.43. The van der Waals surface area contributed by atoms with Gasteiger partial charge in [0.15, 0.2) is 0 Å². The summed E-state index contributed by atoms with van der Waals surface area (Å²) in [7, 11) is 0. The maximum absolute atomic E-state index is 11.0. The molecule has 0 saturated carbocycles. The Kier molecular flexibility index (Phi) is 5.15. The molecule has 5 heteroatoms. The fourth-order valence-corrected chi connectivity index (χ4v) is 0.690. The maximum Gasteiger partial charge on any atom is 0.347 e. The lowest BCUT2D eigenvalue weighted by Crippen LogP contribution is -2.35. The summed E-state index contributed by atoms with van der Waals surface area (Å²) >= 11 is 0. The maximum atomic E-state index is 11.0. The van der Waals surface area contributed by atoms with Gasteiger partial charge in [-0.2, -0.15) is 0 Å². The fourth-order valence-electron chi connectivity index (χ4n) is 0.690. The molecule has 0 amide bonds. The van der Waals surface area contributed by atoms with E-state index in [1.165, 1.54) is 0 Å².